The van der Waals surface area contributed by atoms with Crippen LogP contribution >= 0.6 is 0 Å². The van der Waals surface area contributed by atoms with E-state index in [4.69, 9.17) is 0 Å². The van der Waals surface area contributed by atoms with Crippen molar-refractivity contribution < 1.29 is 23.5 Å². The van der Waals surface area contributed by atoms with Gasteiger partial charge in [-0.1, -0.05) is 6.42 Å². The summed E-state index contributed by atoms with van der Waals surface area (Å²) in [7, 11) is 0. The SMILES string of the molecule is O=C(CCC(=O)c1ccc(F)c(F)c1)NCC1CCCC1O. The van der Waals surface area contributed by atoms with Gasteiger partial charge < -0.3 is 10.4 Å². The lowest BCUT2D eigenvalue weighted by atomic mass is 10.0. The van der Waals surface area contributed by atoms with E-state index >= 15 is 0 Å². The molecule has 0 radical (unpaired) electrons. The maximum Gasteiger partial charge on any atom is 0.220 e. The Morgan fingerprint density at radius 2 is 1.95 bits per heavy atom. The first-order chi connectivity index (χ1) is 10.5. The number of halogens is 2. The fourth-order valence-electron chi connectivity index (χ4n) is 2.63. The molecule has 2 atom stereocenters. The third kappa shape index (κ3) is 4.34. The average Bonchev–Trinajstić information content (AvgIpc) is 2.90. The second kappa shape index (κ2) is 7.45. The number of ketones is 1. The predicted molar refractivity (Wildman–Crippen MR) is 76.3 cm³/mol. The number of rotatable bonds is 6. The molecule has 1 aliphatic carbocycles. The van der Waals surface area contributed by atoms with Gasteiger partial charge in [-0.25, -0.2) is 8.78 Å². The molecule has 2 unspecified atom stereocenters. The van der Waals surface area contributed by atoms with Crippen molar-refractivity contribution >= 4 is 11.7 Å². The van der Waals surface area contributed by atoms with Crippen LogP contribution in [0.25, 0.3) is 0 Å². The van der Waals surface area contributed by atoms with Gasteiger partial charge >= 0.3 is 0 Å². The van der Waals surface area contributed by atoms with Crippen molar-refractivity contribution in [1.29, 1.82) is 0 Å². The minimum absolute atomic E-state index is 0.0132. The largest absolute Gasteiger partial charge is 0.393 e. The Morgan fingerprint density at radius 1 is 1.18 bits per heavy atom. The Kier molecular flexibility index (Phi) is 5.60. The van der Waals surface area contributed by atoms with Crippen LogP contribution in [0.4, 0.5) is 8.78 Å². The van der Waals surface area contributed by atoms with Crippen molar-refractivity contribution in [2.24, 2.45) is 5.92 Å². The van der Waals surface area contributed by atoms with E-state index in [0.29, 0.717) is 6.54 Å². The van der Waals surface area contributed by atoms with Crippen LogP contribution in [-0.4, -0.2) is 29.4 Å². The molecule has 1 fully saturated rings. The third-order valence-electron chi connectivity index (χ3n) is 4.00. The minimum atomic E-state index is -1.08. The molecule has 6 heteroatoms. The number of Topliss-reactive ketones (excluding diaryl/α,β-unsaturated/α-hetero) is 1. The number of hydrogen-bond acceptors (Lipinski definition) is 3. The van der Waals surface area contributed by atoms with Gasteiger partial charge in [-0.05, 0) is 31.0 Å². The number of aliphatic hydroxyl groups excluding tert-OH is 1. The summed E-state index contributed by atoms with van der Waals surface area (Å²) in [6, 6.07) is 2.93. The van der Waals surface area contributed by atoms with Crippen LogP contribution in [0, 0.1) is 17.6 Å². The van der Waals surface area contributed by atoms with E-state index in [1.54, 1.807) is 0 Å². The maximum atomic E-state index is 13.0. The summed E-state index contributed by atoms with van der Waals surface area (Å²) in [5.74, 6) is -2.70. The van der Waals surface area contributed by atoms with Gasteiger partial charge in [0.25, 0.3) is 0 Å². The van der Waals surface area contributed by atoms with Gasteiger partial charge in [0, 0.05) is 30.9 Å². The molecule has 1 aliphatic rings. The monoisotopic (exact) mass is 311 g/mol. The summed E-state index contributed by atoms with van der Waals surface area (Å²) in [5, 5.41) is 12.3. The number of nitrogens with one attached hydrogen (secondary N) is 1. The molecule has 22 heavy (non-hydrogen) atoms. The van der Waals surface area contributed by atoms with Crippen LogP contribution in [0.15, 0.2) is 18.2 Å². The van der Waals surface area contributed by atoms with Gasteiger partial charge in [0.1, 0.15) is 0 Å². The van der Waals surface area contributed by atoms with E-state index in [1.807, 2.05) is 0 Å². The zero-order chi connectivity index (χ0) is 16.1. The summed E-state index contributed by atoms with van der Waals surface area (Å²) in [6.07, 6.45) is 2.15. The predicted octanol–water partition coefficient (Wildman–Crippen LogP) is 2.20. The summed E-state index contributed by atoms with van der Waals surface area (Å²) in [5.41, 5.74) is 0.0536. The molecule has 0 aliphatic heterocycles. The molecule has 1 aromatic rings. The van der Waals surface area contributed by atoms with Crippen molar-refractivity contribution in [1.82, 2.24) is 5.32 Å². The van der Waals surface area contributed by atoms with Crippen LogP contribution in [0.1, 0.15) is 42.5 Å². The number of carbonyl (C=O) groups is 2. The van der Waals surface area contributed by atoms with Crippen molar-refractivity contribution in [2.75, 3.05) is 6.54 Å². The van der Waals surface area contributed by atoms with Crippen molar-refractivity contribution in [3.8, 4) is 0 Å². The molecule has 2 rings (SSSR count). The molecule has 0 spiro atoms. The molecular formula is C16H19F2NO3. The van der Waals surface area contributed by atoms with Crippen LogP contribution < -0.4 is 5.32 Å². The summed E-state index contributed by atoms with van der Waals surface area (Å²) < 4.78 is 25.8. The minimum Gasteiger partial charge on any atom is -0.393 e. The Labute approximate surface area is 127 Å². The van der Waals surface area contributed by atoms with Crippen LogP contribution in [0.3, 0.4) is 0 Å². The second-order valence-electron chi connectivity index (χ2n) is 5.61. The lowest BCUT2D eigenvalue weighted by Crippen LogP contribution is -2.32. The Hall–Kier alpha value is -1.82. The molecule has 1 aromatic carbocycles. The highest BCUT2D eigenvalue weighted by molar-refractivity contribution is 5.97. The first-order valence-corrected chi connectivity index (χ1v) is 7.40. The van der Waals surface area contributed by atoms with Gasteiger partial charge in [0.2, 0.25) is 5.91 Å². The second-order valence-corrected chi connectivity index (χ2v) is 5.61. The number of carbonyl (C=O) groups excluding carboxylic acids is 2. The zero-order valence-corrected chi connectivity index (χ0v) is 12.1. The molecule has 120 valence electrons. The Bertz CT molecular complexity index is 562. The Morgan fingerprint density at radius 3 is 2.59 bits per heavy atom. The fourth-order valence-corrected chi connectivity index (χ4v) is 2.63. The van der Waals surface area contributed by atoms with Crippen LogP contribution in [0.2, 0.25) is 0 Å². The van der Waals surface area contributed by atoms with Gasteiger partial charge in [-0.3, -0.25) is 9.59 Å². The van der Waals surface area contributed by atoms with E-state index in [9.17, 15) is 23.5 Å². The summed E-state index contributed by atoms with van der Waals surface area (Å²) in [4.78, 5) is 23.5. The van der Waals surface area contributed by atoms with Crippen LogP contribution in [-0.2, 0) is 4.79 Å². The van der Waals surface area contributed by atoms with Gasteiger partial charge in [0.05, 0.1) is 6.10 Å². The highest BCUT2D eigenvalue weighted by atomic mass is 19.2. The van der Waals surface area contributed by atoms with E-state index in [1.165, 1.54) is 6.07 Å². The number of aliphatic hydroxyl groups is 1. The third-order valence-corrected chi connectivity index (χ3v) is 4.00. The van der Waals surface area contributed by atoms with E-state index in [0.717, 1.165) is 31.4 Å². The molecule has 2 N–H and O–H groups in total. The first kappa shape index (κ1) is 16.5. The fraction of sp³-hybridized carbons (Fsp3) is 0.500. The normalized spacial score (nSPS) is 20.9. The standard InChI is InChI=1S/C16H19F2NO3/c17-12-5-4-10(8-13(12)18)15(21)6-7-16(22)19-9-11-2-1-3-14(11)20/h4-5,8,11,14,20H,1-3,6-7,9H2,(H,19,22). The topological polar surface area (TPSA) is 66.4 Å². The summed E-state index contributed by atoms with van der Waals surface area (Å²) in [6.45, 7) is 0.402. The zero-order valence-electron chi connectivity index (χ0n) is 12.1. The highest BCUT2D eigenvalue weighted by Gasteiger charge is 2.25. The van der Waals surface area contributed by atoms with Crippen molar-refractivity contribution in [2.45, 2.75) is 38.2 Å². The first-order valence-electron chi connectivity index (χ1n) is 7.40. The average molecular weight is 311 g/mol. The molecule has 0 heterocycles. The molecule has 1 saturated carbocycles. The van der Waals surface area contributed by atoms with Gasteiger partial charge in [-0.2, -0.15) is 0 Å². The molecule has 1 amide bonds. The lowest BCUT2D eigenvalue weighted by molar-refractivity contribution is -0.121. The highest BCUT2D eigenvalue weighted by Crippen LogP contribution is 2.24. The molecule has 0 aromatic heterocycles. The van der Waals surface area contributed by atoms with Crippen LogP contribution in [0.5, 0.6) is 0 Å². The smallest absolute Gasteiger partial charge is 0.220 e. The van der Waals surface area contributed by atoms with Gasteiger partial charge in [-0.15, -0.1) is 0 Å². The van der Waals surface area contributed by atoms with Crippen molar-refractivity contribution in [3.05, 3.63) is 35.4 Å². The van der Waals surface area contributed by atoms with E-state index in [2.05, 4.69) is 5.32 Å². The summed E-state index contributed by atoms with van der Waals surface area (Å²) >= 11 is 0. The lowest BCUT2D eigenvalue weighted by Gasteiger charge is -2.14. The van der Waals surface area contributed by atoms with Gasteiger partial charge in [0.15, 0.2) is 17.4 Å². The molecule has 0 bridgehead atoms. The van der Waals surface area contributed by atoms with E-state index in [-0.39, 0.29) is 36.3 Å². The van der Waals surface area contributed by atoms with E-state index < -0.39 is 17.4 Å². The maximum absolute atomic E-state index is 13.0. The Balaban J connectivity index is 1.75. The number of hydrogen-bond donors (Lipinski definition) is 2. The number of amides is 1. The molecular weight excluding hydrogens is 292 g/mol. The van der Waals surface area contributed by atoms with Crippen molar-refractivity contribution in [3.63, 3.8) is 0 Å². The molecule has 4 nitrogen and oxygen atoms in total. The quantitative estimate of drug-likeness (QED) is 0.792. The molecule has 0 saturated heterocycles. The number of benzene rings is 1.